The molecule has 5 nitrogen and oxygen atoms in total. The lowest BCUT2D eigenvalue weighted by molar-refractivity contribution is -0.112. The number of piperidine rings is 1. The van der Waals surface area contributed by atoms with Crippen LogP contribution in [0.15, 0.2) is 24.5 Å². The highest BCUT2D eigenvalue weighted by Gasteiger charge is 2.28. The number of anilines is 1. The highest BCUT2D eigenvalue weighted by molar-refractivity contribution is 5.91. The maximum Gasteiger partial charge on any atom is 0.123 e. The first-order valence-corrected chi connectivity index (χ1v) is 7.08. The Bertz CT molecular complexity index is 722. The van der Waals surface area contributed by atoms with Crippen molar-refractivity contribution in [1.82, 2.24) is 9.97 Å². The first-order chi connectivity index (χ1) is 10.2. The van der Waals surface area contributed by atoms with Gasteiger partial charge in [0.05, 0.1) is 16.8 Å². The van der Waals surface area contributed by atoms with E-state index >= 15 is 0 Å². The van der Waals surface area contributed by atoms with Gasteiger partial charge in [0.2, 0.25) is 0 Å². The standard InChI is InChI=1S/C16H16N4O/c1-11-9-20(6-4-12(11)10-21)16-13(7-17)8-19-14-3-2-5-18-15(14)16/h2-3,5,8,10-12H,4,6,9H2,1H3. The van der Waals surface area contributed by atoms with Gasteiger partial charge in [0.1, 0.15) is 17.9 Å². The molecule has 1 saturated heterocycles. The number of carbonyl (C=O) groups excluding carboxylic acids is 1. The molecule has 0 spiro atoms. The molecular weight excluding hydrogens is 264 g/mol. The Morgan fingerprint density at radius 3 is 3.05 bits per heavy atom. The summed E-state index contributed by atoms with van der Waals surface area (Å²) in [5.41, 5.74) is 2.93. The molecule has 5 heteroatoms. The van der Waals surface area contributed by atoms with Gasteiger partial charge in [-0.25, -0.2) is 0 Å². The van der Waals surface area contributed by atoms with Crippen molar-refractivity contribution < 1.29 is 4.79 Å². The van der Waals surface area contributed by atoms with E-state index in [9.17, 15) is 10.1 Å². The van der Waals surface area contributed by atoms with Crippen molar-refractivity contribution in [3.63, 3.8) is 0 Å². The summed E-state index contributed by atoms with van der Waals surface area (Å²) in [6.07, 6.45) is 5.19. The van der Waals surface area contributed by atoms with Crippen LogP contribution in [0.4, 0.5) is 5.69 Å². The molecule has 2 atom stereocenters. The second-order valence-corrected chi connectivity index (χ2v) is 5.52. The van der Waals surface area contributed by atoms with Gasteiger partial charge in [-0.05, 0) is 24.5 Å². The van der Waals surface area contributed by atoms with Crippen molar-refractivity contribution in [1.29, 1.82) is 5.26 Å². The Hall–Kier alpha value is -2.48. The van der Waals surface area contributed by atoms with Crippen LogP contribution >= 0.6 is 0 Å². The first kappa shape index (κ1) is 13.5. The molecule has 0 aliphatic carbocycles. The van der Waals surface area contributed by atoms with Crippen LogP contribution < -0.4 is 4.90 Å². The second-order valence-electron chi connectivity index (χ2n) is 5.52. The number of hydrogen-bond donors (Lipinski definition) is 0. The zero-order valence-corrected chi connectivity index (χ0v) is 11.9. The molecule has 21 heavy (non-hydrogen) atoms. The summed E-state index contributed by atoms with van der Waals surface area (Å²) in [6, 6.07) is 5.95. The number of nitriles is 1. The number of aldehydes is 1. The number of nitrogens with zero attached hydrogens (tertiary/aromatic N) is 4. The predicted octanol–water partition coefficient (Wildman–Crippen LogP) is 2.16. The fourth-order valence-electron chi connectivity index (χ4n) is 2.98. The topological polar surface area (TPSA) is 69.9 Å². The molecule has 0 radical (unpaired) electrons. The van der Waals surface area contributed by atoms with Crippen LogP contribution in [0.5, 0.6) is 0 Å². The molecule has 0 N–H and O–H groups in total. The summed E-state index contributed by atoms with van der Waals surface area (Å²) >= 11 is 0. The zero-order valence-electron chi connectivity index (χ0n) is 11.9. The summed E-state index contributed by atoms with van der Waals surface area (Å²) in [6.45, 7) is 3.60. The normalized spacial score (nSPS) is 22.0. The van der Waals surface area contributed by atoms with Crippen LogP contribution in [0.2, 0.25) is 0 Å². The fourth-order valence-corrected chi connectivity index (χ4v) is 2.98. The van der Waals surface area contributed by atoms with Gasteiger partial charge in [-0.15, -0.1) is 0 Å². The summed E-state index contributed by atoms with van der Waals surface area (Å²) < 4.78 is 0. The number of fused-ring (bicyclic) bond motifs is 1. The largest absolute Gasteiger partial charge is 0.368 e. The van der Waals surface area contributed by atoms with E-state index in [0.29, 0.717) is 5.56 Å². The highest BCUT2D eigenvalue weighted by atomic mass is 16.1. The molecule has 3 heterocycles. The van der Waals surface area contributed by atoms with E-state index < -0.39 is 0 Å². The highest BCUT2D eigenvalue weighted by Crippen LogP contribution is 2.32. The molecule has 0 aromatic carbocycles. The molecule has 2 unspecified atom stereocenters. The maximum absolute atomic E-state index is 11.1. The Morgan fingerprint density at radius 1 is 1.48 bits per heavy atom. The van der Waals surface area contributed by atoms with E-state index in [0.717, 1.165) is 42.5 Å². The van der Waals surface area contributed by atoms with E-state index in [-0.39, 0.29) is 11.8 Å². The van der Waals surface area contributed by atoms with E-state index in [1.807, 2.05) is 12.1 Å². The molecule has 0 bridgehead atoms. The number of pyridine rings is 2. The molecule has 2 aromatic heterocycles. The smallest absolute Gasteiger partial charge is 0.123 e. The Morgan fingerprint density at radius 2 is 2.33 bits per heavy atom. The monoisotopic (exact) mass is 280 g/mol. The minimum atomic E-state index is 0.104. The van der Waals surface area contributed by atoms with Crippen molar-refractivity contribution in [2.45, 2.75) is 13.3 Å². The van der Waals surface area contributed by atoms with Crippen molar-refractivity contribution in [2.24, 2.45) is 11.8 Å². The Labute approximate surface area is 123 Å². The number of rotatable bonds is 2. The van der Waals surface area contributed by atoms with Crippen LogP contribution in [0.25, 0.3) is 11.0 Å². The summed E-state index contributed by atoms with van der Waals surface area (Å²) in [5.74, 6) is 0.377. The number of carbonyl (C=O) groups is 1. The second kappa shape index (κ2) is 5.49. The molecule has 2 aromatic rings. The molecule has 3 rings (SSSR count). The summed E-state index contributed by atoms with van der Waals surface area (Å²) in [7, 11) is 0. The van der Waals surface area contributed by atoms with Gasteiger partial charge in [-0.1, -0.05) is 6.92 Å². The number of aromatic nitrogens is 2. The maximum atomic E-state index is 11.1. The predicted molar refractivity (Wildman–Crippen MR) is 79.8 cm³/mol. The van der Waals surface area contributed by atoms with E-state index in [1.165, 1.54) is 0 Å². The molecule has 0 saturated carbocycles. The lowest BCUT2D eigenvalue weighted by atomic mass is 9.87. The molecule has 1 aliphatic heterocycles. The lowest BCUT2D eigenvalue weighted by Crippen LogP contribution is -2.40. The van der Waals surface area contributed by atoms with E-state index in [1.54, 1.807) is 12.4 Å². The minimum Gasteiger partial charge on any atom is -0.368 e. The fraction of sp³-hybridized carbons (Fsp3) is 0.375. The summed E-state index contributed by atoms with van der Waals surface area (Å²) in [5, 5.41) is 9.37. The Balaban J connectivity index is 2.07. The van der Waals surface area contributed by atoms with Gasteiger partial charge in [0.15, 0.2) is 0 Å². The third-order valence-electron chi connectivity index (χ3n) is 4.18. The third-order valence-corrected chi connectivity index (χ3v) is 4.18. The van der Waals surface area contributed by atoms with Crippen molar-refractivity contribution in [3.05, 3.63) is 30.1 Å². The lowest BCUT2D eigenvalue weighted by Gasteiger charge is -2.36. The van der Waals surface area contributed by atoms with Crippen LogP contribution in [-0.4, -0.2) is 29.3 Å². The van der Waals surface area contributed by atoms with Gasteiger partial charge < -0.3 is 9.69 Å². The molecule has 0 amide bonds. The average Bonchev–Trinajstić information content (AvgIpc) is 2.53. The van der Waals surface area contributed by atoms with Crippen LogP contribution in [0.1, 0.15) is 18.9 Å². The average molecular weight is 280 g/mol. The SMILES string of the molecule is CC1CN(c2c(C#N)cnc3cccnc23)CCC1C=O. The molecular formula is C16H16N4O. The quantitative estimate of drug-likeness (QED) is 0.788. The van der Waals surface area contributed by atoms with E-state index in [4.69, 9.17) is 0 Å². The molecule has 106 valence electrons. The summed E-state index contributed by atoms with van der Waals surface area (Å²) in [4.78, 5) is 21.9. The van der Waals surface area contributed by atoms with Gasteiger partial charge in [0.25, 0.3) is 0 Å². The van der Waals surface area contributed by atoms with Crippen LogP contribution in [0, 0.1) is 23.2 Å². The van der Waals surface area contributed by atoms with Gasteiger partial charge in [0, 0.05) is 31.4 Å². The zero-order chi connectivity index (χ0) is 14.8. The van der Waals surface area contributed by atoms with Crippen molar-refractivity contribution in [2.75, 3.05) is 18.0 Å². The first-order valence-electron chi connectivity index (χ1n) is 7.08. The molecule has 1 aliphatic rings. The number of hydrogen-bond acceptors (Lipinski definition) is 5. The van der Waals surface area contributed by atoms with Crippen molar-refractivity contribution >= 4 is 23.0 Å². The third kappa shape index (κ3) is 2.33. The van der Waals surface area contributed by atoms with Crippen LogP contribution in [-0.2, 0) is 4.79 Å². The van der Waals surface area contributed by atoms with Crippen molar-refractivity contribution in [3.8, 4) is 6.07 Å². The van der Waals surface area contributed by atoms with Gasteiger partial charge in [-0.2, -0.15) is 5.26 Å². The Kier molecular flexibility index (Phi) is 3.53. The van der Waals surface area contributed by atoms with Gasteiger partial charge in [-0.3, -0.25) is 9.97 Å². The van der Waals surface area contributed by atoms with Gasteiger partial charge >= 0.3 is 0 Å². The minimum absolute atomic E-state index is 0.104. The van der Waals surface area contributed by atoms with E-state index in [2.05, 4.69) is 27.9 Å². The molecule has 1 fully saturated rings. The van der Waals surface area contributed by atoms with Crippen LogP contribution in [0.3, 0.4) is 0 Å².